The molecule has 0 atom stereocenters. The second-order valence-corrected chi connectivity index (χ2v) is 7.72. The molecule has 0 radical (unpaired) electrons. The number of rotatable bonds is 8. The predicted octanol–water partition coefficient (Wildman–Crippen LogP) is 6.77. The lowest BCUT2D eigenvalue weighted by Crippen LogP contribution is -2.21. The number of anilines is 1. The van der Waals surface area contributed by atoms with Crippen molar-refractivity contribution in [3.63, 3.8) is 0 Å². The number of fused-ring (bicyclic) bond motifs is 1. The average molecular weight is 422 g/mol. The van der Waals surface area contributed by atoms with Gasteiger partial charge in [-0.05, 0) is 65.2 Å². The van der Waals surface area contributed by atoms with E-state index in [1.165, 1.54) is 11.3 Å². The molecule has 0 aliphatic heterocycles. The van der Waals surface area contributed by atoms with Gasteiger partial charge in [-0.15, -0.1) is 0 Å². The summed E-state index contributed by atoms with van der Waals surface area (Å²) in [4.78, 5) is 15.0. The average Bonchev–Trinajstić information content (AvgIpc) is 2.86. The molecule has 0 aliphatic rings. The van der Waals surface area contributed by atoms with Crippen molar-refractivity contribution in [1.29, 1.82) is 0 Å². The summed E-state index contributed by atoms with van der Waals surface area (Å²) in [6.45, 7) is 3.96. The number of hydrogen-bond donors (Lipinski definition) is 0. The smallest absolute Gasteiger partial charge is 0.185 e. The van der Waals surface area contributed by atoms with Crippen LogP contribution in [0.4, 0.5) is 5.69 Å². The molecule has 0 fully saturated rings. The predicted molar refractivity (Wildman–Crippen MR) is 133 cm³/mol. The van der Waals surface area contributed by atoms with Crippen LogP contribution in [0.15, 0.2) is 97.1 Å². The Balaban J connectivity index is 1.45. The number of carbonyl (C=O) groups excluding carboxylic acids is 1. The van der Waals surface area contributed by atoms with Gasteiger partial charge in [-0.1, -0.05) is 66.7 Å². The summed E-state index contributed by atoms with van der Waals surface area (Å²) < 4.78 is 5.27. The van der Waals surface area contributed by atoms with Gasteiger partial charge in [0.25, 0.3) is 0 Å². The zero-order valence-corrected chi connectivity index (χ0v) is 18.5. The Morgan fingerprint density at radius 3 is 2.31 bits per heavy atom. The third-order valence-corrected chi connectivity index (χ3v) is 5.62. The fourth-order valence-corrected chi connectivity index (χ4v) is 3.76. The van der Waals surface area contributed by atoms with E-state index in [2.05, 4.69) is 60.4 Å². The Kier molecular flexibility index (Phi) is 6.66. The van der Waals surface area contributed by atoms with Gasteiger partial charge in [0.1, 0.15) is 5.75 Å². The first-order valence-electron chi connectivity index (χ1n) is 10.9. The maximum atomic E-state index is 12.7. The van der Waals surface area contributed by atoms with Crippen molar-refractivity contribution >= 4 is 28.3 Å². The van der Waals surface area contributed by atoms with E-state index in [4.69, 9.17) is 4.74 Å². The van der Waals surface area contributed by atoms with E-state index in [0.29, 0.717) is 5.56 Å². The molecule has 3 heteroatoms. The molecule has 0 saturated heterocycles. The van der Waals surface area contributed by atoms with Crippen molar-refractivity contribution in [2.75, 3.05) is 18.6 Å². The van der Waals surface area contributed by atoms with E-state index in [1.807, 2.05) is 48.5 Å². The van der Waals surface area contributed by atoms with Crippen molar-refractivity contribution in [2.45, 2.75) is 13.5 Å². The molecule has 0 bridgehead atoms. The summed E-state index contributed by atoms with van der Waals surface area (Å²) in [5.41, 5.74) is 4.14. The zero-order chi connectivity index (χ0) is 22.3. The maximum absolute atomic E-state index is 12.7. The van der Waals surface area contributed by atoms with Crippen LogP contribution in [0, 0.1) is 0 Å². The summed E-state index contributed by atoms with van der Waals surface area (Å²) in [6.07, 6.45) is 3.51. The number of ketones is 1. The van der Waals surface area contributed by atoms with Crippen LogP contribution in [0.25, 0.3) is 16.8 Å². The van der Waals surface area contributed by atoms with Crippen LogP contribution in [0.3, 0.4) is 0 Å². The van der Waals surface area contributed by atoms with Crippen LogP contribution >= 0.6 is 0 Å². The lowest BCUT2D eigenvalue weighted by Gasteiger charge is -2.23. The van der Waals surface area contributed by atoms with Crippen molar-refractivity contribution in [3.05, 3.63) is 114 Å². The van der Waals surface area contributed by atoms with E-state index in [-0.39, 0.29) is 5.78 Å². The highest BCUT2D eigenvalue weighted by atomic mass is 16.5. The fourth-order valence-electron chi connectivity index (χ4n) is 3.76. The van der Waals surface area contributed by atoms with Gasteiger partial charge in [0, 0.05) is 24.3 Å². The van der Waals surface area contributed by atoms with Crippen molar-refractivity contribution < 1.29 is 9.53 Å². The summed E-state index contributed by atoms with van der Waals surface area (Å²) >= 11 is 0. The Labute approximate surface area is 189 Å². The summed E-state index contributed by atoms with van der Waals surface area (Å²) in [5.74, 6) is 0.802. The van der Waals surface area contributed by atoms with Gasteiger partial charge in [-0.2, -0.15) is 0 Å². The van der Waals surface area contributed by atoms with E-state index in [0.717, 1.165) is 35.2 Å². The van der Waals surface area contributed by atoms with Crippen molar-refractivity contribution in [2.24, 2.45) is 0 Å². The lowest BCUT2D eigenvalue weighted by molar-refractivity contribution is 0.104. The number of benzene rings is 4. The number of hydrogen-bond acceptors (Lipinski definition) is 3. The Hall–Kier alpha value is -3.85. The molecule has 32 heavy (non-hydrogen) atoms. The minimum Gasteiger partial charge on any atom is -0.497 e. The van der Waals surface area contributed by atoms with Crippen molar-refractivity contribution in [1.82, 2.24) is 0 Å². The standard InChI is InChI=1S/C29H27NO2/c1-3-30(21-23-7-5-4-6-8-23)27-15-9-22(10-16-27)11-18-29(31)26-13-12-25-20-28(32-2)17-14-24(25)19-26/h4-20H,3,21H2,1-2H3/b18-11+. The van der Waals surface area contributed by atoms with E-state index >= 15 is 0 Å². The molecule has 4 aromatic carbocycles. The number of carbonyl (C=O) groups is 1. The minimum absolute atomic E-state index is 0.00828. The van der Waals surface area contributed by atoms with Gasteiger partial charge >= 0.3 is 0 Å². The SMILES string of the molecule is CCN(Cc1ccccc1)c1ccc(/C=C/C(=O)c2ccc3cc(OC)ccc3c2)cc1. The topological polar surface area (TPSA) is 29.5 Å². The highest BCUT2D eigenvalue weighted by molar-refractivity contribution is 6.08. The van der Waals surface area contributed by atoms with Crippen LogP contribution in [-0.4, -0.2) is 19.4 Å². The summed E-state index contributed by atoms with van der Waals surface area (Å²) in [6, 6.07) is 30.4. The number of ether oxygens (including phenoxy) is 1. The second-order valence-electron chi connectivity index (χ2n) is 7.72. The van der Waals surface area contributed by atoms with E-state index < -0.39 is 0 Å². The number of nitrogens with zero attached hydrogens (tertiary/aromatic N) is 1. The largest absolute Gasteiger partial charge is 0.497 e. The first kappa shape index (κ1) is 21.4. The first-order chi connectivity index (χ1) is 15.7. The molecule has 4 aromatic rings. The second kappa shape index (κ2) is 9.97. The monoisotopic (exact) mass is 421 g/mol. The summed E-state index contributed by atoms with van der Waals surface area (Å²) in [7, 11) is 1.65. The third kappa shape index (κ3) is 5.06. The van der Waals surface area contributed by atoms with Crippen LogP contribution in [0.1, 0.15) is 28.4 Å². The van der Waals surface area contributed by atoms with E-state index in [1.54, 1.807) is 13.2 Å². The first-order valence-corrected chi connectivity index (χ1v) is 10.9. The Morgan fingerprint density at radius 2 is 1.59 bits per heavy atom. The molecule has 3 nitrogen and oxygen atoms in total. The highest BCUT2D eigenvalue weighted by Crippen LogP contribution is 2.23. The molecule has 4 rings (SSSR count). The maximum Gasteiger partial charge on any atom is 0.185 e. The van der Waals surface area contributed by atoms with Gasteiger partial charge in [0.05, 0.1) is 7.11 Å². The molecular formula is C29H27NO2. The minimum atomic E-state index is -0.00828. The van der Waals surface area contributed by atoms with Crippen LogP contribution in [0.5, 0.6) is 5.75 Å². The molecule has 0 heterocycles. The van der Waals surface area contributed by atoms with Gasteiger partial charge in [0.15, 0.2) is 5.78 Å². The van der Waals surface area contributed by atoms with Gasteiger partial charge in [0.2, 0.25) is 0 Å². The lowest BCUT2D eigenvalue weighted by atomic mass is 10.0. The van der Waals surface area contributed by atoms with Gasteiger partial charge < -0.3 is 9.64 Å². The van der Waals surface area contributed by atoms with Crippen LogP contribution < -0.4 is 9.64 Å². The molecule has 0 aliphatic carbocycles. The molecule has 0 unspecified atom stereocenters. The third-order valence-electron chi connectivity index (χ3n) is 5.62. The Bertz CT molecular complexity index is 1230. The fraction of sp³-hybridized carbons (Fsp3) is 0.138. The zero-order valence-electron chi connectivity index (χ0n) is 18.5. The molecule has 0 spiro atoms. The molecule has 0 N–H and O–H groups in total. The molecule has 0 aromatic heterocycles. The van der Waals surface area contributed by atoms with Crippen LogP contribution in [0.2, 0.25) is 0 Å². The number of methoxy groups -OCH3 is 1. The number of allylic oxidation sites excluding steroid dienone is 1. The van der Waals surface area contributed by atoms with Crippen LogP contribution in [-0.2, 0) is 6.54 Å². The molecule has 160 valence electrons. The molecular weight excluding hydrogens is 394 g/mol. The highest BCUT2D eigenvalue weighted by Gasteiger charge is 2.06. The van der Waals surface area contributed by atoms with E-state index in [9.17, 15) is 4.79 Å². The summed E-state index contributed by atoms with van der Waals surface area (Å²) in [5, 5.41) is 2.07. The van der Waals surface area contributed by atoms with Gasteiger partial charge in [-0.3, -0.25) is 4.79 Å². The van der Waals surface area contributed by atoms with Crippen molar-refractivity contribution in [3.8, 4) is 5.75 Å². The normalized spacial score (nSPS) is 11.1. The molecule has 0 amide bonds. The molecule has 0 saturated carbocycles. The van der Waals surface area contributed by atoms with Gasteiger partial charge in [-0.25, -0.2) is 0 Å². The Morgan fingerprint density at radius 1 is 0.875 bits per heavy atom. The quantitative estimate of drug-likeness (QED) is 0.232.